The predicted octanol–water partition coefficient (Wildman–Crippen LogP) is 4.82. The summed E-state index contributed by atoms with van der Waals surface area (Å²) in [6.45, 7) is 2.91. The van der Waals surface area contributed by atoms with Gasteiger partial charge in [-0.3, -0.25) is 4.79 Å². The molecular formula is C17H20BrNO2S. The number of halogens is 1. The predicted molar refractivity (Wildman–Crippen MR) is 92.0 cm³/mol. The molecule has 118 valence electrons. The van der Waals surface area contributed by atoms with Crippen LogP contribution in [0.1, 0.15) is 42.1 Å². The number of carbonyl (C=O) groups excluding carboxylic acids is 1. The van der Waals surface area contributed by atoms with E-state index in [-0.39, 0.29) is 5.91 Å². The molecule has 2 atom stereocenters. The second kappa shape index (κ2) is 6.59. The minimum absolute atomic E-state index is 0.155. The van der Waals surface area contributed by atoms with Crippen LogP contribution in [0.25, 0.3) is 0 Å². The number of nitrogens with zero attached hydrogens (tertiary/aromatic N) is 1. The summed E-state index contributed by atoms with van der Waals surface area (Å²) < 4.78 is 6.93. The molecule has 2 heterocycles. The second-order valence-electron chi connectivity index (χ2n) is 6.10. The van der Waals surface area contributed by atoms with Gasteiger partial charge in [-0.15, -0.1) is 11.3 Å². The van der Waals surface area contributed by atoms with E-state index in [0.717, 1.165) is 21.9 Å². The number of thiophene rings is 1. The fraction of sp³-hybridized carbons (Fsp3) is 0.471. The lowest BCUT2D eigenvalue weighted by Crippen LogP contribution is -2.25. The van der Waals surface area contributed by atoms with E-state index in [1.807, 2.05) is 18.5 Å². The van der Waals surface area contributed by atoms with Gasteiger partial charge in [-0.05, 0) is 46.5 Å². The fourth-order valence-electron chi connectivity index (χ4n) is 2.63. The first-order valence-electron chi connectivity index (χ1n) is 7.58. The number of rotatable bonds is 6. The van der Waals surface area contributed by atoms with Crippen molar-refractivity contribution in [2.45, 2.75) is 38.6 Å². The maximum atomic E-state index is 12.2. The van der Waals surface area contributed by atoms with Crippen molar-refractivity contribution in [1.82, 2.24) is 4.90 Å². The molecule has 2 aromatic heterocycles. The number of hydrogen-bond acceptors (Lipinski definition) is 3. The van der Waals surface area contributed by atoms with Crippen LogP contribution in [0.2, 0.25) is 0 Å². The van der Waals surface area contributed by atoms with E-state index in [1.165, 1.54) is 11.3 Å². The largest absolute Gasteiger partial charge is 0.466 e. The summed E-state index contributed by atoms with van der Waals surface area (Å²) in [6, 6.07) is 6.15. The van der Waals surface area contributed by atoms with E-state index in [9.17, 15) is 4.79 Å². The van der Waals surface area contributed by atoms with Gasteiger partial charge >= 0.3 is 0 Å². The molecule has 0 bridgehead atoms. The van der Waals surface area contributed by atoms with Gasteiger partial charge in [-0.25, -0.2) is 0 Å². The molecule has 5 heteroatoms. The molecule has 0 saturated heterocycles. The van der Waals surface area contributed by atoms with Crippen molar-refractivity contribution in [2.75, 3.05) is 7.05 Å². The number of aryl methyl sites for hydroxylation is 1. The van der Waals surface area contributed by atoms with E-state index in [2.05, 4.69) is 35.0 Å². The first-order valence-corrected chi connectivity index (χ1v) is 9.25. The number of carbonyl (C=O) groups is 1. The lowest BCUT2D eigenvalue weighted by Gasteiger charge is -2.15. The van der Waals surface area contributed by atoms with Crippen LogP contribution in [0.5, 0.6) is 0 Å². The molecule has 1 fully saturated rings. The van der Waals surface area contributed by atoms with Crippen LogP contribution in [0.15, 0.2) is 32.5 Å². The molecular weight excluding hydrogens is 362 g/mol. The van der Waals surface area contributed by atoms with E-state index < -0.39 is 0 Å². The van der Waals surface area contributed by atoms with Gasteiger partial charge in [0.1, 0.15) is 11.5 Å². The van der Waals surface area contributed by atoms with Crippen LogP contribution in [0.4, 0.5) is 0 Å². The molecule has 0 aliphatic heterocycles. The Morgan fingerprint density at radius 1 is 1.50 bits per heavy atom. The van der Waals surface area contributed by atoms with Gasteiger partial charge in [0.15, 0.2) is 0 Å². The summed E-state index contributed by atoms with van der Waals surface area (Å²) in [4.78, 5) is 15.2. The lowest BCUT2D eigenvalue weighted by molar-refractivity contribution is -0.130. The number of furan rings is 1. The number of hydrogen-bond donors (Lipinski definition) is 0. The molecule has 0 radical (unpaired) electrons. The Morgan fingerprint density at radius 2 is 2.27 bits per heavy atom. The SMILES string of the molecule is CC1CC1c1ccc(CCC(=O)N(C)Cc2cc(Br)cs2)o1. The maximum absolute atomic E-state index is 12.2. The molecule has 1 saturated carbocycles. The maximum Gasteiger partial charge on any atom is 0.223 e. The van der Waals surface area contributed by atoms with Gasteiger partial charge in [0, 0.05) is 40.5 Å². The molecule has 1 amide bonds. The normalized spacial score (nSPS) is 20.1. The Balaban J connectivity index is 1.48. The molecule has 22 heavy (non-hydrogen) atoms. The van der Waals surface area contributed by atoms with Gasteiger partial charge < -0.3 is 9.32 Å². The average molecular weight is 382 g/mol. The van der Waals surface area contributed by atoms with Crippen molar-refractivity contribution < 1.29 is 9.21 Å². The highest BCUT2D eigenvalue weighted by atomic mass is 79.9. The Kier molecular flexibility index (Phi) is 4.73. The minimum atomic E-state index is 0.155. The Labute approximate surface area is 143 Å². The Hall–Kier alpha value is -1.07. The zero-order chi connectivity index (χ0) is 15.7. The van der Waals surface area contributed by atoms with E-state index in [1.54, 1.807) is 16.2 Å². The third-order valence-electron chi connectivity index (χ3n) is 4.18. The zero-order valence-electron chi connectivity index (χ0n) is 12.8. The first-order chi connectivity index (χ1) is 10.5. The van der Waals surface area contributed by atoms with Crippen LogP contribution in [-0.4, -0.2) is 17.9 Å². The van der Waals surface area contributed by atoms with Crippen LogP contribution >= 0.6 is 27.3 Å². The number of amides is 1. The van der Waals surface area contributed by atoms with E-state index >= 15 is 0 Å². The third kappa shape index (κ3) is 3.82. The molecule has 0 aromatic carbocycles. The standard InChI is InChI=1S/C17H20BrNO2S/c1-11-7-15(11)16-5-3-13(21-16)4-6-17(20)19(2)9-14-8-12(18)10-22-14/h3,5,8,10-11,15H,4,6-7,9H2,1-2H3. The minimum Gasteiger partial charge on any atom is -0.466 e. The van der Waals surface area contributed by atoms with Crippen molar-refractivity contribution in [2.24, 2.45) is 5.92 Å². The summed E-state index contributed by atoms with van der Waals surface area (Å²) in [7, 11) is 1.86. The van der Waals surface area contributed by atoms with Gasteiger partial charge in [0.2, 0.25) is 5.91 Å². The van der Waals surface area contributed by atoms with Gasteiger partial charge in [0.25, 0.3) is 0 Å². The van der Waals surface area contributed by atoms with Crippen LogP contribution in [0.3, 0.4) is 0 Å². The molecule has 2 aromatic rings. The summed E-state index contributed by atoms with van der Waals surface area (Å²) in [5.74, 6) is 3.52. The molecule has 3 nitrogen and oxygen atoms in total. The lowest BCUT2D eigenvalue weighted by atomic mass is 10.2. The van der Waals surface area contributed by atoms with Crippen molar-refractivity contribution >= 4 is 33.2 Å². The van der Waals surface area contributed by atoms with Crippen LogP contribution < -0.4 is 0 Å². The summed E-state index contributed by atoms with van der Waals surface area (Å²) >= 11 is 5.10. The van der Waals surface area contributed by atoms with Gasteiger partial charge in [-0.1, -0.05) is 6.92 Å². The van der Waals surface area contributed by atoms with Gasteiger partial charge in [0.05, 0.1) is 6.54 Å². The molecule has 0 N–H and O–H groups in total. The highest BCUT2D eigenvalue weighted by molar-refractivity contribution is 9.10. The second-order valence-corrected chi connectivity index (χ2v) is 8.02. The topological polar surface area (TPSA) is 33.5 Å². The quantitative estimate of drug-likeness (QED) is 0.718. The van der Waals surface area contributed by atoms with E-state index in [4.69, 9.17) is 4.42 Å². The summed E-state index contributed by atoms with van der Waals surface area (Å²) in [5.41, 5.74) is 0. The monoisotopic (exact) mass is 381 g/mol. The highest BCUT2D eigenvalue weighted by Gasteiger charge is 2.36. The summed E-state index contributed by atoms with van der Waals surface area (Å²) in [5, 5.41) is 2.04. The zero-order valence-corrected chi connectivity index (χ0v) is 15.2. The smallest absolute Gasteiger partial charge is 0.223 e. The molecule has 1 aliphatic rings. The molecule has 3 rings (SSSR count). The van der Waals surface area contributed by atoms with Crippen LogP contribution in [-0.2, 0) is 17.8 Å². The van der Waals surface area contributed by atoms with Crippen LogP contribution in [0, 0.1) is 5.92 Å². The molecule has 1 aliphatic carbocycles. The highest BCUT2D eigenvalue weighted by Crippen LogP contribution is 2.47. The fourth-order valence-corrected chi connectivity index (χ4v) is 4.13. The van der Waals surface area contributed by atoms with Crippen molar-refractivity contribution in [3.63, 3.8) is 0 Å². The average Bonchev–Trinajstić information content (AvgIpc) is 2.90. The molecule has 0 spiro atoms. The summed E-state index contributed by atoms with van der Waals surface area (Å²) in [6.07, 6.45) is 2.40. The van der Waals surface area contributed by atoms with Gasteiger partial charge in [-0.2, -0.15) is 0 Å². The third-order valence-corrected chi connectivity index (χ3v) is 5.87. The Morgan fingerprint density at radius 3 is 2.91 bits per heavy atom. The first kappa shape index (κ1) is 15.8. The van der Waals surface area contributed by atoms with Crippen molar-refractivity contribution in [3.05, 3.63) is 44.4 Å². The Bertz CT molecular complexity index is 663. The van der Waals surface area contributed by atoms with E-state index in [0.29, 0.717) is 25.3 Å². The van der Waals surface area contributed by atoms with Crippen molar-refractivity contribution in [1.29, 1.82) is 0 Å². The van der Waals surface area contributed by atoms with Crippen molar-refractivity contribution in [3.8, 4) is 0 Å². The molecule has 2 unspecified atom stereocenters.